The van der Waals surface area contributed by atoms with Gasteiger partial charge in [-0.25, -0.2) is 4.39 Å². The van der Waals surface area contributed by atoms with Gasteiger partial charge in [-0.05, 0) is 30.3 Å². The van der Waals surface area contributed by atoms with Crippen LogP contribution in [0.25, 0.3) is 11.3 Å². The lowest BCUT2D eigenvalue weighted by Gasteiger charge is -2.11. The fourth-order valence-electron chi connectivity index (χ4n) is 2.31. The first-order valence-electron chi connectivity index (χ1n) is 7.13. The maximum atomic E-state index is 14.0. The lowest BCUT2D eigenvalue weighted by Crippen LogP contribution is -2.15. The Bertz CT molecular complexity index is 878. The molecule has 1 aromatic heterocycles. The van der Waals surface area contributed by atoms with E-state index < -0.39 is 11.7 Å². The molecule has 0 spiro atoms. The zero-order valence-electron chi connectivity index (χ0n) is 12.8. The first-order valence-corrected chi connectivity index (χ1v) is 7.13. The van der Waals surface area contributed by atoms with Crippen LogP contribution in [0, 0.1) is 5.82 Å². The highest BCUT2D eigenvalue weighted by Crippen LogP contribution is 2.27. The zero-order chi connectivity index (χ0) is 17.1. The van der Waals surface area contributed by atoms with Crippen molar-refractivity contribution in [1.82, 2.24) is 10.2 Å². The predicted octanol–water partition coefficient (Wildman–Crippen LogP) is 3.06. The number of aromatic amines is 1. The summed E-state index contributed by atoms with van der Waals surface area (Å²) in [5.74, 6) is -1.27. The van der Waals surface area contributed by atoms with Crippen LogP contribution in [0.15, 0.2) is 48.7 Å². The van der Waals surface area contributed by atoms with Gasteiger partial charge >= 0.3 is 0 Å². The number of nitrogens with two attached hydrogens (primary N) is 1. The van der Waals surface area contributed by atoms with E-state index in [0.29, 0.717) is 5.69 Å². The summed E-state index contributed by atoms with van der Waals surface area (Å²) in [6, 6.07) is 11.8. The van der Waals surface area contributed by atoms with E-state index in [4.69, 9.17) is 10.5 Å². The molecule has 0 atom stereocenters. The third-order valence-electron chi connectivity index (χ3n) is 3.54. The molecule has 1 heterocycles. The van der Waals surface area contributed by atoms with Gasteiger partial charge in [0.2, 0.25) is 0 Å². The molecule has 0 saturated heterocycles. The van der Waals surface area contributed by atoms with Crippen molar-refractivity contribution in [1.29, 1.82) is 0 Å². The van der Waals surface area contributed by atoms with Gasteiger partial charge in [0.05, 0.1) is 24.1 Å². The molecule has 0 aliphatic rings. The van der Waals surface area contributed by atoms with Crippen LogP contribution in [0.3, 0.4) is 0 Å². The number of amides is 1. The third-order valence-corrected chi connectivity index (χ3v) is 3.54. The van der Waals surface area contributed by atoms with Crippen LogP contribution in [0.2, 0.25) is 0 Å². The molecule has 0 aliphatic heterocycles. The monoisotopic (exact) mass is 326 g/mol. The maximum Gasteiger partial charge on any atom is 0.257 e. The summed E-state index contributed by atoms with van der Waals surface area (Å²) in [5, 5.41) is 9.45. The number of nitrogens with one attached hydrogen (secondary N) is 2. The first-order chi connectivity index (χ1) is 11.6. The fourth-order valence-corrected chi connectivity index (χ4v) is 2.31. The van der Waals surface area contributed by atoms with Crippen LogP contribution in [-0.2, 0) is 0 Å². The molecular formula is C17H15FN4O2. The van der Waals surface area contributed by atoms with Gasteiger partial charge < -0.3 is 15.8 Å². The molecule has 3 aromatic rings. The number of hydrogen-bond acceptors (Lipinski definition) is 4. The Morgan fingerprint density at radius 2 is 2.12 bits per heavy atom. The molecule has 0 bridgehead atoms. The van der Waals surface area contributed by atoms with Crippen LogP contribution >= 0.6 is 0 Å². The average molecular weight is 326 g/mol. The van der Waals surface area contributed by atoms with Gasteiger partial charge in [-0.3, -0.25) is 9.89 Å². The number of carbonyl (C=O) groups is 1. The van der Waals surface area contributed by atoms with Crippen LogP contribution in [0.5, 0.6) is 5.75 Å². The Kier molecular flexibility index (Phi) is 4.15. The highest BCUT2D eigenvalue weighted by Gasteiger charge is 2.17. The van der Waals surface area contributed by atoms with Crippen LogP contribution < -0.4 is 15.8 Å². The number of hydrogen-bond donors (Lipinski definition) is 3. The van der Waals surface area contributed by atoms with Crippen molar-refractivity contribution in [3.05, 3.63) is 60.0 Å². The summed E-state index contributed by atoms with van der Waals surface area (Å²) in [5.41, 5.74) is 7.72. The lowest BCUT2D eigenvalue weighted by molar-refractivity contribution is 0.102. The van der Waals surface area contributed by atoms with E-state index in [-0.39, 0.29) is 17.0 Å². The zero-order valence-corrected chi connectivity index (χ0v) is 12.8. The molecule has 4 N–H and O–H groups in total. The van der Waals surface area contributed by atoms with Gasteiger partial charge in [0.1, 0.15) is 0 Å². The number of anilines is 2. The highest BCUT2D eigenvalue weighted by atomic mass is 19.1. The maximum absolute atomic E-state index is 14.0. The Morgan fingerprint density at radius 1 is 1.29 bits per heavy atom. The Morgan fingerprint density at radius 3 is 2.83 bits per heavy atom. The van der Waals surface area contributed by atoms with E-state index >= 15 is 0 Å². The molecule has 3 rings (SSSR count). The number of carbonyl (C=O) groups excluding carboxylic acids is 1. The molecule has 0 aliphatic carbocycles. The van der Waals surface area contributed by atoms with Crippen LogP contribution in [0.1, 0.15) is 10.4 Å². The second-order valence-electron chi connectivity index (χ2n) is 5.05. The van der Waals surface area contributed by atoms with Crippen molar-refractivity contribution in [2.24, 2.45) is 0 Å². The molecule has 24 heavy (non-hydrogen) atoms. The molecule has 0 radical (unpaired) electrons. The number of nitrogen functional groups attached to an aromatic ring is 1. The van der Waals surface area contributed by atoms with Crippen LogP contribution in [-0.4, -0.2) is 23.2 Å². The van der Waals surface area contributed by atoms with E-state index in [1.807, 2.05) is 12.1 Å². The molecule has 0 unspecified atom stereocenters. The van der Waals surface area contributed by atoms with Crippen molar-refractivity contribution in [3.8, 4) is 17.0 Å². The summed E-state index contributed by atoms with van der Waals surface area (Å²) in [6.07, 6.45) is 1.64. The molecule has 7 heteroatoms. The standard InChI is InChI=1S/C17H15FN4O2/c1-24-14-6-5-12(16(19)15(14)18)17(23)21-11-4-2-3-10(9-11)13-7-8-20-22-13/h2-9H,19H2,1H3,(H,20,22)(H,21,23). The summed E-state index contributed by atoms with van der Waals surface area (Å²) in [7, 11) is 1.33. The number of nitrogens with zero attached hydrogens (tertiary/aromatic N) is 1. The number of ether oxygens (including phenoxy) is 1. The molecule has 6 nitrogen and oxygen atoms in total. The molecule has 1 amide bonds. The minimum atomic E-state index is -0.753. The lowest BCUT2D eigenvalue weighted by atomic mass is 10.1. The van der Waals surface area contributed by atoms with Gasteiger partial charge in [0.25, 0.3) is 5.91 Å². The molecule has 122 valence electrons. The number of H-pyrrole nitrogens is 1. The topological polar surface area (TPSA) is 93.0 Å². The minimum Gasteiger partial charge on any atom is -0.494 e. The van der Waals surface area contributed by atoms with Gasteiger partial charge in [-0.1, -0.05) is 12.1 Å². The SMILES string of the molecule is COc1ccc(C(=O)Nc2cccc(-c3ccn[nH]3)c2)c(N)c1F. The highest BCUT2D eigenvalue weighted by molar-refractivity contribution is 6.08. The normalized spacial score (nSPS) is 10.4. The summed E-state index contributed by atoms with van der Waals surface area (Å²) >= 11 is 0. The quantitative estimate of drug-likeness (QED) is 0.642. The third kappa shape index (κ3) is 2.91. The smallest absolute Gasteiger partial charge is 0.257 e. The Hall–Kier alpha value is -3.35. The van der Waals surface area contributed by atoms with E-state index in [1.54, 1.807) is 24.4 Å². The number of halogens is 1. The predicted molar refractivity (Wildman–Crippen MR) is 89.3 cm³/mol. The van der Waals surface area contributed by atoms with E-state index in [2.05, 4.69) is 15.5 Å². The second kappa shape index (κ2) is 6.41. The minimum absolute atomic E-state index is 0.00899. The van der Waals surface area contributed by atoms with Crippen molar-refractivity contribution >= 4 is 17.3 Å². The van der Waals surface area contributed by atoms with Gasteiger partial charge in [0.15, 0.2) is 11.6 Å². The molecule has 0 saturated carbocycles. The molecular weight excluding hydrogens is 311 g/mol. The second-order valence-corrected chi connectivity index (χ2v) is 5.05. The van der Waals surface area contributed by atoms with Crippen molar-refractivity contribution < 1.29 is 13.9 Å². The average Bonchev–Trinajstić information content (AvgIpc) is 3.12. The summed E-state index contributed by atoms with van der Waals surface area (Å²) in [6.45, 7) is 0. The molecule has 0 fully saturated rings. The Balaban J connectivity index is 1.86. The van der Waals surface area contributed by atoms with Crippen molar-refractivity contribution in [2.75, 3.05) is 18.2 Å². The van der Waals surface area contributed by atoms with E-state index in [9.17, 15) is 9.18 Å². The number of aromatic nitrogens is 2. The van der Waals surface area contributed by atoms with Gasteiger partial charge in [-0.15, -0.1) is 0 Å². The van der Waals surface area contributed by atoms with E-state index in [1.165, 1.54) is 19.2 Å². The molecule has 2 aromatic carbocycles. The van der Waals surface area contributed by atoms with Crippen molar-refractivity contribution in [3.63, 3.8) is 0 Å². The largest absolute Gasteiger partial charge is 0.494 e. The number of rotatable bonds is 4. The summed E-state index contributed by atoms with van der Waals surface area (Å²) < 4.78 is 18.8. The van der Waals surface area contributed by atoms with Gasteiger partial charge in [0, 0.05) is 17.4 Å². The fraction of sp³-hybridized carbons (Fsp3) is 0.0588. The summed E-state index contributed by atoms with van der Waals surface area (Å²) in [4.78, 5) is 12.4. The van der Waals surface area contributed by atoms with Gasteiger partial charge in [-0.2, -0.15) is 5.10 Å². The number of methoxy groups -OCH3 is 1. The van der Waals surface area contributed by atoms with E-state index in [0.717, 1.165) is 11.3 Å². The first kappa shape index (κ1) is 15.5. The van der Waals surface area contributed by atoms with Crippen LogP contribution in [0.4, 0.5) is 15.8 Å². The van der Waals surface area contributed by atoms with Crippen molar-refractivity contribution in [2.45, 2.75) is 0 Å². The number of benzene rings is 2. The Labute approximate surface area is 137 Å².